The number of hydrogen-bond acceptors (Lipinski definition) is 2. The molecule has 1 atom stereocenters. The largest absolute Gasteiger partial charge is 0.323 e. The van der Waals surface area contributed by atoms with Gasteiger partial charge in [0.1, 0.15) is 17.5 Å². The Hall–Kier alpha value is -2.34. The zero-order valence-corrected chi connectivity index (χ0v) is 13.6. The van der Waals surface area contributed by atoms with Gasteiger partial charge in [-0.2, -0.15) is 0 Å². The Balaban J connectivity index is 1.60. The van der Waals surface area contributed by atoms with Gasteiger partial charge < -0.3 is 5.32 Å². The highest BCUT2D eigenvalue weighted by Crippen LogP contribution is 2.22. The molecule has 2 aromatic carbocycles. The fraction of sp³-hybridized carbons (Fsp3) is 0.316. The van der Waals surface area contributed by atoms with Crippen LogP contribution < -0.4 is 5.32 Å². The van der Waals surface area contributed by atoms with Crippen LogP contribution in [0, 0.1) is 23.4 Å². The fourth-order valence-corrected chi connectivity index (χ4v) is 3.09. The Bertz CT molecular complexity index is 749. The summed E-state index contributed by atoms with van der Waals surface area (Å²) < 4.78 is 39.6. The lowest BCUT2D eigenvalue weighted by Crippen LogP contribution is -2.40. The van der Waals surface area contributed by atoms with E-state index in [4.69, 9.17) is 0 Å². The molecular formula is C19H19F3N2O. The van der Waals surface area contributed by atoms with Crippen molar-refractivity contribution in [2.75, 3.05) is 18.4 Å². The highest BCUT2D eigenvalue weighted by Gasteiger charge is 2.26. The first kappa shape index (κ1) is 17.5. The van der Waals surface area contributed by atoms with Crippen molar-refractivity contribution < 1.29 is 18.0 Å². The maximum Gasteiger partial charge on any atom is 0.228 e. The van der Waals surface area contributed by atoms with Crippen LogP contribution in [-0.4, -0.2) is 23.9 Å². The maximum atomic E-state index is 13.7. The van der Waals surface area contributed by atoms with Gasteiger partial charge in [0, 0.05) is 19.2 Å². The molecule has 25 heavy (non-hydrogen) atoms. The minimum absolute atomic E-state index is 0.0120. The number of piperidine rings is 1. The van der Waals surface area contributed by atoms with Crippen molar-refractivity contribution >= 4 is 11.6 Å². The molecule has 0 spiro atoms. The summed E-state index contributed by atoms with van der Waals surface area (Å²) in [6.07, 6.45) is 1.57. The van der Waals surface area contributed by atoms with Crippen LogP contribution in [0.3, 0.4) is 0 Å². The van der Waals surface area contributed by atoms with Crippen molar-refractivity contribution in [1.82, 2.24) is 4.90 Å². The lowest BCUT2D eigenvalue weighted by Gasteiger charge is -2.32. The van der Waals surface area contributed by atoms with E-state index in [1.54, 1.807) is 12.1 Å². The van der Waals surface area contributed by atoms with Crippen LogP contribution in [0.5, 0.6) is 0 Å². The monoisotopic (exact) mass is 348 g/mol. The number of hydrogen-bond donors (Lipinski definition) is 1. The number of anilines is 1. The third-order valence-corrected chi connectivity index (χ3v) is 4.38. The number of nitrogens with one attached hydrogen (secondary N) is 1. The number of halogens is 3. The van der Waals surface area contributed by atoms with Gasteiger partial charge in [0.25, 0.3) is 0 Å². The van der Waals surface area contributed by atoms with E-state index in [2.05, 4.69) is 10.2 Å². The molecule has 1 aliphatic heterocycles. The van der Waals surface area contributed by atoms with Gasteiger partial charge in [0.2, 0.25) is 5.91 Å². The standard InChI is InChI=1S/C19H19F3N2O/c20-15-5-3-13(4-6-15)11-24-9-1-2-14(12-24)19(25)23-18-8-7-16(21)10-17(18)22/h3-8,10,14H,1-2,9,11-12H2,(H,23,25)/t14-/m1/s1. The number of amides is 1. The summed E-state index contributed by atoms with van der Waals surface area (Å²) in [6.45, 7) is 2.03. The molecule has 1 aliphatic rings. The van der Waals surface area contributed by atoms with E-state index < -0.39 is 11.6 Å². The molecule has 1 fully saturated rings. The predicted octanol–water partition coefficient (Wildman–Crippen LogP) is 3.95. The lowest BCUT2D eigenvalue weighted by molar-refractivity contribution is -0.121. The van der Waals surface area contributed by atoms with Crippen LogP contribution in [0.4, 0.5) is 18.9 Å². The SMILES string of the molecule is O=C(Nc1ccc(F)cc1F)[C@@H]1CCCN(Cc2ccc(F)cc2)C1. The predicted molar refractivity (Wildman–Crippen MR) is 89.4 cm³/mol. The Morgan fingerprint density at radius 2 is 1.80 bits per heavy atom. The topological polar surface area (TPSA) is 32.3 Å². The van der Waals surface area contributed by atoms with Crippen molar-refractivity contribution in [1.29, 1.82) is 0 Å². The fourth-order valence-electron chi connectivity index (χ4n) is 3.09. The van der Waals surface area contributed by atoms with Crippen molar-refractivity contribution in [3.63, 3.8) is 0 Å². The first-order chi connectivity index (χ1) is 12.0. The molecule has 3 rings (SSSR count). The molecular weight excluding hydrogens is 329 g/mol. The van der Waals surface area contributed by atoms with Crippen molar-refractivity contribution in [3.05, 3.63) is 65.5 Å². The van der Waals surface area contributed by atoms with Gasteiger partial charge in [-0.05, 0) is 49.2 Å². The average molecular weight is 348 g/mol. The number of likely N-dealkylation sites (tertiary alicyclic amines) is 1. The molecule has 0 aromatic heterocycles. The van der Waals surface area contributed by atoms with E-state index in [-0.39, 0.29) is 23.3 Å². The smallest absolute Gasteiger partial charge is 0.228 e. The molecule has 0 radical (unpaired) electrons. The summed E-state index contributed by atoms with van der Waals surface area (Å²) in [7, 11) is 0. The van der Waals surface area contributed by atoms with Crippen LogP contribution in [-0.2, 0) is 11.3 Å². The van der Waals surface area contributed by atoms with E-state index in [9.17, 15) is 18.0 Å². The van der Waals surface area contributed by atoms with Gasteiger partial charge in [-0.15, -0.1) is 0 Å². The minimum atomic E-state index is -0.785. The highest BCUT2D eigenvalue weighted by molar-refractivity contribution is 5.92. The number of carbonyl (C=O) groups is 1. The highest BCUT2D eigenvalue weighted by atomic mass is 19.1. The van der Waals surface area contributed by atoms with Gasteiger partial charge in [0.05, 0.1) is 11.6 Å². The summed E-state index contributed by atoms with van der Waals surface area (Å²) >= 11 is 0. The summed E-state index contributed by atoms with van der Waals surface area (Å²) in [5.74, 6) is -2.28. The van der Waals surface area contributed by atoms with E-state index in [1.165, 1.54) is 18.2 Å². The van der Waals surface area contributed by atoms with Gasteiger partial charge >= 0.3 is 0 Å². The molecule has 0 aliphatic carbocycles. The van der Waals surface area contributed by atoms with Gasteiger partial charge in [-0.3, -0.25) is 9.69 Å². The Kier molecular flexibility index (Phi) is 5.38. The average Bonchev–Trinajstić information content (AvgIpc) is 2.60. The Labute approximate surface area is 144 Å². The minimum Gasteiger partial charge on any atom is -0.323 e. The molecule has 0 unspecified atom stereocenters. The van der Waals surface area contributed by atoms with Gasteiger partial charge in [-0.25, -0.2) is 13.2 Å². The summed E-state index contributed by atoms with van der Waals surface area (Å²) in [5, 5.41) is 2.54. The Morgan fingerprint density at radius 1 is 1.08 bits per heavy atom. The number of benzene rings is 2. The van der Waals surface area contributed by atoms with E-state index in [1.807, 2.05) is 0 Å². The molecule has 1 heterocycles. The van der Waals surface area contributed by atoms with Crippen molar-refractivity contribution in [2.45, 2.75) is 19.4 Å². The molecule has 0 bridgehead atoms. The first-order valence-corrected chi connectivity index (χ1v) is 8.24. The Morgan fingerprint density at radius 3 is 2.52 bits per heavy atom. The maximum absolute atomic E-state index is 13.7. The van der Waals surface area contributed by atoms with Crippen LogP contribution in [0.15, 0.2) is 42.5 Å². The van der Waals surface area contributed by atoms with Crippen LogP contribution >= 0.6 is 0 Å². The van der Waals surface area contributed by atoms with Crippen LogP contribution in [0.1, 0.15) is 18.4 Å². The van der Waals surface area contributed by atoms with Gasteiger partial charge in [0.15, 0.2) is 0 Å². The second-order valence-electron chi connectivity index (χ2n) is 6.31. The molecule has 1 amide bonds. The van der Waals surface area contributed by atoms with E-state index in [0.717, 1.165) is 30.7 Å². The number of nitrogens with zero attached hydrogens (tertiary/aromatic N) is 1. The summed E-state index contributed by atoms with van der Waals surface area (Å²) in [4.78, 5) is 14.5. The second-order valence-corrected chi connectivity index (χ2v) is 6.31. The lowest BCUT2D eigenvalue weighted by atomic mass is 9.96. The quantitative estimate of drug-likeness (QED) is 0.907. The van der Waals surface area contributed by atoms with Crippen LogP contribution in [0.25, 0.3) is 0 Å². The molecule has 3 nitrogen and oxygen atoms in total. The summed E-state index contributed by atoms with van der Waals surface area (Å²) in [6, 6.07) is 9.38. The van der Waals surface area contributed by atoms with E-state index >= 15 is 0 Å². The molecule has 0 saturated carbocycles. The summed E-state index contributed by atoms with van der Waals surface area (Å²) in [5.41, 5.74) is 0.967. The molecule has 1 saturated heterocycles. The second kappa shape index (κ2) is 7.70. The zero-order chi connectivity index (χ0) is 17.8. The molecule has 6 heteroatoms. The zero-order valence-electron chi connectivity index (χ0n) is 13.6. The first-order valence-electron chi connectivity index (χ1n) is 8.24. The third kappa shape index (κ3) is 4.60. The number of rotatable bonds is 4. The normalized spacial score (nSPS) is 18.1. The van der Waals surface area contributed by atoms with E-state index in [0.29, 0.717) is 19.5 Å². The molecule has 132 valence electrons. The van der Waals surface area contributed by atoms with Crippen molar-refractivity contribution in [3.8, 4) is 0 Å². The van der Waals surface area contributed by atoms with Gasteiger partial charge in [-0.1, -0.05) is 12.1 Å². The van der Waals surface area contributed by atoms with Crippen LogP contribution in [0.2, 0.25) is 0 Å². The van der Waals surface area contributed by atoms with Crippen molar-refractivity contribution in [2.24, 2.45) is 5.92 Å². The molecule has 2 aromatic rings. The molecule has 1 N–H and O–H groups in total. The number of carbonyl (C=O) groups excluding carboxylic acids is 1. The third-order valence-electron chi connectivity index (χ3n) is 4.38.